The highest BCUT2D eigenvalue weighted by Gasteiger charge is 2.52. The maximum Gasteiger partial charge on any atom is 0.647 e. The molecule has 92 valence electrons. The Morgan fingerprint density at radius 3 is 2.47 bits per heavy atom. The molecule has 0 saturated heterocycles. The van der Waals surface area contributed by atoms with Gasteiger partial charge in [0.15, 0.2) is 5.75 Å². The van der Waals surface area contributed by atoms with Crippen LogP contribution in [0, 0.1) is 0 Å². The molecule has 0 fully saturated rings. The SMILES string of the molecule is NNc1c(S(=O)(=O)O)cc2c3c1OP(=O)(O2)O3. The second kappa shape index (κ2) is 2.85. The molecule has 0 radical (unpaired) electrons. The lowest BCUT2D eigenvalue weighted by molar-refractivity contribution is 0.353. The van der Waals surface area contributed by atoms with Crippen LogP contribution in [0.3, 0.4) is 0 Å². The number of rotatable bonds is 2. The number of fused-ring (bicyclic) bond motifs is 1. The predicted molar refractivity (Wildman–Crippen MR) is 53.6 cm³/mol. The summed E-state index contributed by atoms with van der Waals surface area (Å²) < 4.78 is 57.2. The average Bonchev–Trinajstić information content (AvgIpc) is 2.68. The second-order valence-corrected chi connectivity index (χ2v) is 6.08. The van der Waals surface area contributed by atoms with E-state index in [0.29, 0.717) is 0 Å². The Labute approximate surface area is 94.8 Å². The quantitative estimate of drug-likeness (QED) is 0.306. The summed E-state index contributed by atoms with van der Waals surface area (Å²) in [4.78, 5) is -0.550. The van der Waals surface area contributed by atoms with Crippen molar-refractivity contribution in [3.63, 3.8) is 0 Å². The Balaban J connectivity index is 2.36. The van der Waals surface area contributed by atoms with Gasteiger partial charge in [-0.2, -0.15) is 13.0 Å². The van der Waals surface area contributed by atoms with E-state index in [1.165, 1.54) is 0 Å². The average molecular weight is 280 g/mol. The topological polar surface area (TPSA) is 137 Å². The van der Waals surface area contributed by atoms with Crippen molar-refractivity contribution in [3.05, 3.63) is 6.07 Å². The van der Waals surface area contributed by atoms with Crippen LogP contribution in [0.15, 0.2) is 11.0 Å². The van der Waals surface area contributed by atoms with E-state index < -0.39 is 22.8 Å². The summed E-state index contributed by atoms with van der Waals surface area (Å²) in [7, 11) is -8.26. The zero-order chi connectivity index (χ0) is 12.4. The van der Waals surface area contributed by atoms with Gasteiger partial charge in [0.2, 0.25) is 11.5 Å². The molecule has 9 nitrogen and oxygen atoms in total. The fraction of sp³-hybridized carbons (Fsp3) is 0. The van der Waals surface area contributed by atoms with Gasteiger partial charge in [0, 0.05) is 6.07 Å². The third kappa shape index (κ3) is 1.32. The van der Waals surface area contributed by atoms with Crippen molar-refractivity contribution in [1.29, 1.82) is 0 Å². The lowest BCUT2D eigenvalue weighted by atomic mass is 10.2. The van der Waals surface area contributed by atoms with Gasteiger partial charge in [-0.3, -0.25) is 10.4 Å². The maximum absolute atomic E-state index is 11.6. The highest BCUT2D eigenvalue weighted by atomic mass is 32.2. The summed E-state index contributed by atoms with van der Waals surface area (Å²) in [5, 5.41) is 0. The van der Waals surface area contributed by atoms with E-state index in [4.69, 9.17) is 24.0 Å². The van der Waals surface area contributed by atoms with Crippen LogP contribution in [0.1, 0.15) is 0 Å². The van der Waals surface area contributed by atoms with Crippen molar-refractivity contribution in [2.75, 3.05) is 5.43 Å². The number of phosphoric ester groups is 1. The van der Waals surface area contributed by atoms with Crippen LogP contribution < -0.4 is 24.8 Å². The highest BCUT2D eigenvalue weighted by Crippen LogP contribution is 2.71. The number of phosphoric acid groups is 1. The van der Waals surface area contributed by atoms with Gasteiger partial charge in [0.25, 0.3) is 10.1 Å². The molecule has 0 aliphatic carbocycles. The summed E-state index contributed by atoms with van der Waals surface area (Å²) in [6, 6.07) is 0.950. The van der Waals surface area contributed by atoms with E-state index in [2.05, 4.69) is 0 Å². The van der Waals surface area contributed by atoms with Gasteiger partial charge in [-0.15, -0.1) is 0 Å². The molecule has 3 rings (SSSR count). The summed E-state index contributed by atoms with van der Waals surface area (Å²) >= 11 is 0. The number of nitrogens with one attached hydrogen (secondary N) is 1. The molecule has 4 N–H and O–H groups in total. The van der Waals surface area contributed by atoms with Crippen LogP contribution in [-0.2, 0) is 14.7 Å². The van der Waals surface area contributed by atoms with E-state index in [0.717, 1.165) is 6.07 Å². The van der Waals surface area contributed by atoms with Crippen LogP contribution >= 0.6 is 7.82 Å². The highest BCUT2D eigenvalue weighted by molar-refractivity contribution is 7.86. The Kier molecular flexibility index (Phi) is 1.79. The van der Waals surface area contributed by atoms with E-state index in [1.807, 2.05) is 5.43 Å². The molecule has 1 aromatic carbocycles. The van der Waals surface area contributed by atoms with E-state index >= 15 is 0 Å². The van der Waals surface area contributed by atoms with Crippen LogP contribution in [-0.4, -0.2) is 13.0 Å². The summed E-state index contributed by atoms with van der Waals surface area (Å²) in [5.41, 5.74) is 1.80. The number of hydrogen-bond acceptors (Lipinski definition) is 8. The minimum Gasteiger partial charge on any atom is -0.382 e. The van der Waals surface area contributed by atoms with Crippen molar-refractivity contribution in [2.24, 2.45) is 5.84 Å². The third-order valence-electron chi connectivity index (χ3n) is 2.20. The standard InChI is InChI=1S/C6H5N2O7PS/c7-8-4-3(17(10,11)12)1-2-5-6(4)15-16(9,13-2)14-5/h1,8H,7H2,(H,10,11,12). The number of nitrogens with two attached hydrogens (primary N) is 1. The van der Waals surface area contributed by atoms with E-state index in [1.54, 1.807) is 0 Å². The molecule has 2 heterocycles. The molecule has 2 bridgehead atoms. The van der Waals surface area contributed by atoms with Crippen molar-refractivity contribution in [1.82, 2.24) is 0 Å². The first kappa shape index (κ1) is 10.7. The first-order chi connectivity index (χ1) is 7.84. The molecule has 0 saturated carbocycles. The molecule has 2 aliphatic rings. The molecular weight excluding hydrogens is 275 g/mol. The first-order valence-electron chi connectivity index (χ1n) is 4.18. The number of benzene rings is 1. The van der Waals surface area contributed by atoms with E-state index in [9.17, 15) is 13.0 Å². The number of nitrogen functional groups attached to an aromatic ring is 1. The van der Waals surface area contributed by atoms with Gasteiger partial charge >= 0.3 is 7.82 Å². The van der Waals surface area contributed by atoms with Crippen LogP contribution in [0.25, 0.3) is 0 Å². The fourth-order valence-electron chi connectivity index (χ4n) is 1.58. The minimum atomic E-state index is -4.53. The molecule has 1 unspecified atom stereocenters. The Hall–Kier alpha value is -1.48. The molecule has 1 aromatic rings. The summed E-state index contributed by atoms with van der Waals surface area (Å²) in [6.45, 7) is 0. The summed E-state index contributed by atoms with van der Waals surface area (Å²) in [6.07, 6.45) is 0. The molecular formula is C6H5N2O7PS. The largest absolute Gasteiger partial charge is 0.647 e. The molecule has 0 amide bonds. The van der Waals surface area contributed by atoms with Gasteiger partial charge in [0.1, 0.15) is 10.6 Å². The van der Waals surface area contributed by atoms with Gasteiger partial charge < -0.3 is 19.0 Å². The van der Waals surface area contributed by atoms with Crippen molar-refractivity contribution in [2.45, 2.75) is 4.90 Å². The van der Waals surface area contributed by atoms with Gasteiger partial charge in [-0.05, 0) is 0 Å². The Morgan fingerprint density at radius 1 is 1.29 bits per heavy atom. The van der Waals surface area contributed by atoms with Gasteiger partial charge in [0.05, 0.1) is 0 Å². The fourth-order valence-corrected chi connectivity index (χ4v) is 3.52. The molecule has 11 heteroatoms. The summed E-state index contributed by atoms with van der Waals surface area (Å²) in [5.74, 6) is 4.89. The zero-order valence-corrected chi connectivity index (χ0v) is 9.62. The van der Waals surface area contributed by atoms with E-state index in [-0.39, 0.29) is 22.9 Å². The third-order valence-corrected chi connectivity index (χ3v) is 4.31. The zero-order valence-electron chi connectivity index (χ0n) is 7.91. The van der Waals surface area contributed by atoms with Crippen molar-refractivity contribution < 1.29 is 31.1 Å². The Morgan fingerprint density at radius 2 is 1.94 bits per heavy atom. The molecule has 0 spiro atoms. The van der Waals surface area contributed by atoms with Gasteiger partial charge in [-0.25, -0.2) is 0 Å². The lowest BCUT2D eigenvalue weighted by Gasteiger charge is -2.15. The van der Waals surface area contributed by atoms with Crippen LogP contribution in [0.5, 0.6) is 17.2 Å². The number of hydrogen-bond donors (Lipinski definition) is 3. The molecule has 0 aromatic heterocycles. The maximum atomic E-state index is 11.6. The van der Waals surface area contributed by atoms with Crippen molar-refractivity contribution in [3.8, 4) is 17.2 Å². The van der Waals surface area contributed by atoms with Gasteiger partial charge in [-0.1, -0.05) is 0 Å². The normalized spacial score (nSPS) is 23.9. The molecule has 17 heavy (non-hydrogen) atoms. The van der Waals surface area contributed by atoms with Crippen LogP contribution in [0.4, 0.5) is 5.69 Å². The second-order valence-electron chi connectivity index (χ2n) is 3.25. The minimum absolute atomic E-state index is 0.00585. The van der Waals surface area contributed by atoms with Crippen LogP contribution in [0.2, 0.25) is 0 Å². The number of anilines is 1. The Bertz CT molecular complexity index is 684. The molecule has 2 aliphatic heterocycles. The first-order valence-corrected chi connectivity index (χ1v) is 7.08. The smallest absolute Gasteiger partial charge is 0.382 e. The number of hydrazine groups is 1. The van der Waals surface area contributed by atoms with Crippen molar-refractivity contribution >= 4 is 23.6 Å². The molecule has 1 atom stereocenters. The lowest BCUT2D eigenvalue weighted by Crippen LogP contribution is -2.14. The monoisotopic (exact) mass is 280 g/mol. The predicted octanol–water partition coefficient (Wildman–Crippen LogP) is 0.491.